The Balaban J connectivity index is 2.07. The van der Waals surface area contributed by atoms with Crippen LogP contribution in [-0.4, -0.2) is 11.0 Å². The molecule has 0 spiro atoms. The lowest BCUT2D eigenvalue weighted by Gasteiger charge is -2.13. The van der Waals surface area contributed by atoms with Crippen molar-refractivity contribution in [1.29, 1.82) is 0 Å². The molecule has 0 atom stereocenters. The molecule has 1 heterocycles. The third-order valence-electron chi connectivity index (χ3n) is 2.64. The Morgan fingerprint density at radius 2 is 2.10 bits per heavy atom. The van der Waals surface area contributed by atoms with Crippen LogP contribution in [0.1, 0.15) is 20.8 Å². The number of nitrogens with one attached hydrogen (secondary N) is 2. The first-order chi connectivity index (χ1) is 9.47. The van der Waals surface area contributed by atoms with Crippen molar-refractivity contribution in [3.05, 3.63) is 50.7 Å². The van der Waals surface area contributed by atoms with Gasteiger partial charge in [-0.05, 0) is 54.7 Å². The highest BCUT2D eigenvalue weighted by Gasteiger charge is 2.11. The van der Waals surface area contributed by atoms with Crippen LogP contribution < -0.4 is 10.6 Å². The summed E-state index contributed by atoms with van der Waals surface area (Å²) in [5.74, 6) is -0.224. The van der Waals surface area contributed by atoms with Gasteiger partial charge in [0.2, 0.25) is 0 Å². The van der Waals surface area contributed by atoms with E-state index in [0.717, 1.165) is 11.1 Å². The number of rotatable bonds is 2. The molecule has 20 heavy (non-hydrogen) atoms. The molecule has 2 aromatic rings. The highest BCUT2D eigenvalue weighted by molar-refractivity contribution is 7.80. The molecule has 2 N–H and O–H groups in total. The van der Waals surface area contributed by atoms with Gasteiger partial charge < -0.3 is 5.32 Å². The SMILES string of the molecule is Cc1cc(C)c(NC(=S)NC(=O)c2cccs2)c(Cl)c1. The molecule has 0 aliphatic heterocycles. The number of aryl methyl sites for hydroxylation is 2. The van der Waals surface area contributed by atoms with Crippen molar-refractivity contribution >= 4 is 51.9 Å². The minimum Gasteiger partial charge on any atom is -0.331 e. The van der Waals surface area contributed by atoms with Crippen molar-refractivity contribution < 1.29 is 4.79 Å². The van der Waals surface area contributed by atoms with Crippen LogP contribution in [0.2, 0.25) is 5.02 Å². The van der Waals surface area contributed by atoms with E-state index in [1.807, 2.05) is 37.4 Å². The monoisotopic (exact) mass is 324 g/mol. The Labute approximate surface area is 132 Å². The molecule has 1 aromatic heterocycles. The van der Waals surface area contributed by atoms with Crippen molar-refractivity contribution in [2.45, 2.75) is 13.8 Å². The van der Waals surface area contributed by atoms with Gasteiger partial charge in [0.1, 0.15) is 0 Å². The average Bonchev–Trinajstić information content (AvgIpc) is 2.87. The number of hydrogen-bond acceptors (Lipinski definition) is 3. The van der Waals surface area contributed by atoms with E-state index in [1.54, 1.807) is 6.07 Å². The molecule has 0 bridgehead atoms. The standard InChI is InChI=1S/C14H13ClN2OS2/c1-8-6-9(2)12(10(15)7-8)16-14(19)17-13(18)11-4-3-5-20-11/h3-7H,1-2H3,(H2,16,17,18,19). The second-order valence-corrected chi connectivity index (χ2v) is 6.09. The second-order valence-electron chi connectivity index (χ2n) is 4.32. The predicted octanol–water partition coefficient (Wildman–Crippen LogP) is 4.15. The number of carbonyl (C=O) groups excluding carboxylic acids is 1. The van der Waals surface area contributed by atoms with Crippen LogP contribution in [-0.2, 0) is 0 Å². The van der Waals surface area contributed by atoms with E-state index in [4.69, 9.17) is 23.8 Å². The number of anilines is 1. The first kappa shape index (κ1) is 15.0. The molecule has 6 heteroatoms. The van der Waals surface area contributed by atoms with Gasteiger partial charge in [0.15, 0.2) is 5.11 Å². The third-order valence-corrected chi connectivity index (χ3v) is 4.01. The summed E-state index contributed by atoms with van der Waals surface area (Å²) in [6, 6.07) is 7.41. The molecule has 3 nitrogen and oxygen atoms in total. The van der Waals surface area contributed by atoms with Gasteiger partial charge in [-0.1, -0.05) is 23.7 Å². The number of halogens is 1. The lowest BCUT2D eigenvalue weighted by molar-refractivity contribution is 0.0981. The summed E-state index contributed by atoms with van der Waals surface area (Å²) in [7, 11) is 0. The van der Waals surface area contributed by atoms with E-state index >= 15 is 0 Å². The zero-order valence-corrected chi connectivity index (χ0v) is 13.4. The van der Waals surface area contributed by atoms with Crippen molar-refractivity contribution in [3.63, 3.8) is 0 Å². The zero-order chi connectivity index (χ0) is 14.7. The predicted molar refractivity (Wildman–Crippen MR) is 88.9 cm³/mol. The first-order valence-corrected chi connectivity index (χ1v) is 7.56. The summed E-state index contributed by atoms with van der Waals surface area (Å²) in [5.41, 5.74) is 2.77. The van der Waals surface area contributed by atoms with Gasteiger partial charge in [-0.3, -0.25) is 10.1 Å². The number of benzene rings is 1. The van der Waals surface area contributed by atoms with Crippen molar-refractivity contribution in [3.8, 4) is 0 Å². The third kappa shape index (κ3) is 3.56. The summed E-state index contributed by atoms with van der Waals surface area (Å²) >= 11 is 12.7. The Kier molecular flexibility index (Phi) is 4.75. The fourth-order valence-corrected chi connectivity index (χ4v) is 2.97. The fraction of sp³-hybridized carbons (Fsp3) is 0.143. The zero-order valence-electron chi connectivity index (χ0n) is 11.0. The van der Waals surface area contributed by atoms with E-state index < -0.39 is 0 Å². The lowest BCUT2D eigenvalue weighted by Crippen LogP contribution is -2.33. The highest BCUT2D eigenvalue weighted by atomic mass is 35.5. The minimum atomic E-state index is -0.224. The maximum Gasteiger partial charge on any atom is 0.267 e. The molecule has 0 aliphatic rings. The number of amides is 1. The van der Waals surface area contributed by atoms with E-state index in [2.05, 4.69) is 10.6 Å². The van der Waals surface area contributed by atoms with E-state index in [-0.39, 0.29) is 11.0 Å². The first-order valence-electron chi connectivity index (χ1n) is 5.90. The topological polar surface area (TPSA) is 41.1 Å². The van der Waals surface area contributed by atoms with E-state index in [1.165, 1.54) is 11.3 Å². The van der Waals surface area contributed by atoms with Crippen LogP contribution >= 0.6 is 35.2 Å². The van der Waals surface area contributed by atoms with Crippen LogP contribution in [0.15, 0.2) is 29.6 Å². The average molecular weight is 325 g/mol. The second kappa shape index (κ2) is 6.35. The van der Waals surface area contributed by atoms with Gasteiger partial charge in [-0.2, -0.15) is 0 Å². The van der Waals surface area contributed by atoms with Gasteiger partial charge in [0.25, 0.3) is 5.91 Å². The normalized spacial score (nSPS) is 10.2. The van der Waals surface area contributed by atoms with Crippen LogP contribution in [0.25, 0.3) is 0 Å². The maximum absolute atomic E-state index is 11.9. The largest absolute Gasteiger partial charge is 0.331 e. The number of thiophene rings is 1. The molecule has 1 amide bonds. The summed E-state index contributed by atoms with van der Waals surface area (Å²) < 4.78 is 0. The number of carbonyl (C=O) groups is 1. The molecule has 2 rings (SSSR count). The molecule has 1 aromatic carbocycles. The number of thiocarbonyl (C=S) groups is 1. The fourth-order valence-electron chi connectivity index (χ4n) is 1.79. The molecule has 0 saturated heterocycles. The van der Waals surface area contributed by atoms with E-state index in [9.17, 15) is 4.79 Å². The Morgan fingerprint density at radius 1 is 1.35 bits per heavy atom. The van der Waals surface area contributed by atoms with Crippen LogP contribution in [0.3, 0.4) is 0 Å². The summed E-state index contributed by atoms with van der Waals surface area (Å²) in [6.45, 7) is 3.91. The van der Waals surface area contributed by atoms with Gasteiger partial charge in [-0.25, -0.2) is 0 Å². The summed E-state index contributed by atoms with van der Waals surface area (Å²) in [4.78, 5) is 12.5. The van der Waals surface area contributed by atoms with Gasteiger partial charge in [-0.15, -0.1) is 11.3 Å². The molecule has 0 radical (unpaired) electrons. The number of hydrogen-bond donors (Lipinski definition) is 2. The molecule has 0 unspecified atom stereocenters. The smallest absolute Gasteiger partial charge is 0.267 e. The lowest BCUT2D eigenvalue weighted by atomic mass is 10.1. The molecule has 0 fully saturated rings. The van der Waals surface area contributed by atoms with Crippen LogP contribution in [0.4, 0.5) is 5.69 Å². The van der Waals surface area contributed by atoms with Crippen LogP contribution in [0, 0.1) is 13.8 Å². The van der Waals surface area contributed by atoms with Gasteiger partial charge in [0.05, 0.1) is 15.6 Å². The van der Waals surface area contributed by atoms with Gasteiger partial charge in [0, 0.05) is 0 Å². The Hall–Kier alpha value is -1.43. The molecule has 0 aliphatic carbocycles. The molecule has 0 saturated carbocycles. The molecule has 104 valence electrons. The molecular weight excluding hydrogens is 312 g/mol. The summed E-state index contributed by atoms with van der Waals surface area (Å²) in [5, 5.41) is 8.26. The van der Waals surface area contributed by atoms with Crippen molar-refractivity contribution in [2.24, 2.45) is 0 Å². The minimum absolute atomic E-state index is 0.224. The van der Waals surface area contributed by atoms with Crippen molar-refractivity contribution in [2.75, 3.05) is 5.32 Å². The highest BCUT2D eigenvalue weighted by Crippen LogP contribution is 2.27. The summed E-state index contributed by atoms with van der Waals surface area (Å²) in [6.07, 6.45) is 0. The molecular formula is C14H13ClN2OS2. The quantitative estimate of drug-likeness (QED) is 0.815. The van der Waals surface area contributed by atoms with Crippen molar-refractivity contribution in [1.82, 2.24) is 5.32 Å². The van der Waals surface area contributed by atoms with Crippen LogP contribution in [0.5, 0.6) is 0 Å². The maximum atomic E-state index is 11.9. The van der Waals surface area contributed by atoms with Gasteiger partial charge >= 0.3 is 0 Å². The Bertz CT molecular complexity index is 630. The van der Waals surface area contributed by atoms with E-state index in [0.29, 0.717) is 15.6 Å². The Morgan fingerprint density at radius 3 is 2.70 bits per heavy atom.